The van der Waals surface area contributed by atoms with Crippen LogP contribution in [0.15, 0.2) is 12.2 Å². The zero-order valence-electron chi connectivity index (χ0n) is 9.38. The lowest BCUT2D eigenvalue weighted by molar-refractivity contribution is 0.0639. The van der Waals surface area contributed by atoms with Crippen LogP contribution < -0.4 is 0 Å². The van der Waals surface area contributed by atoms with Crippen molar-refractivity contribution in [3.63, 3.8) is 0 Å². The molecule has 14 heavy (non-hydrogen) atoms. The van der Waals surface area contributed by atoms with E-state index in [9.17, 15) is 5.11 Å². The minimum Gasteiger partial charge on any atom is -0.385 e. The van der Waals surface area contributed by atoms with E-state index in [4.69, 9.17) is 6.42 Å². The second-order valence-electron chi connectivity index (χ2n) is 5.35. The summed E-state index contributed by atoms with van der Waals surface area (Å²) in [5.74, 6) is 3.09. The Morgan fingerprint density at radius 2 is 2.21 bits per heavy atom. The number of terminal acetylenes is 1. The molecular weight excluding hydrogens is 172 g/mol. The van der Waals surface area contributed by atoms with Gasteiger partial charge in [0.25, 0.3) is 0 Å². The summed E-state index contributed by atoms with van der Waals surface area (Å²) in [6.07, 6.45) is 11.5. The van der Waals surface area contributed by atoms with Crippen molar-refractivity contribution in [1.82, 2.24) is 0 Å². The van der Waals surface area contributed by atoms with Crippen LogP contribution in [0.1, 0.15) is 40.0 Å². The molecule has 1 heteroatoms. The van der Waals surface area contributed by atoms with Crippen LogP contribution in [0.25, 0.3) is 0 Å². The Balaban J connectivity index is 2.69. The fraction of sp³-hybridized carbons (Fsp3) is 0.692. The molecule has 0 bridgehead atoms. The first-order valence-corrected chi connectivity index (χ1v) is 5.23. The van der Waals surface area contributed by atoms with Crippen molar-refractivity contribution < 1.29 is 5.11 Å². The Kier molecular flexibility index (Phi) is 3.07. The molecule has 78 valence electrons. The molecule has 0 radical (unpaired) electrons. The van der Waals surface area contributed by atoms with Gasteiger partial charge in [-0.2, -0.15) is 0 Å². The normalized spacial score (nSPS) is 32.6. The molecular formula is C13H20O. The number of aliphatic hydroxyl groups is 1. The fourth-order valence-corrected chi connectivity index (χ4v) is 1.93. The molecule has 0 fully saturated rings. The maximum Gasteiger partial charge on any atom is 0.0936 e. The van der Waals surface area contributed by atoms with E-state index in [0.29, 0.717) is 12.3 Å². The van der Waals surface area contributed by atoms with Gasteiger partial charge in [0.2, 0.25) is 0 Å². The predicted molar refractivity (Wildman–Crippen MR) is 59.7 cm³/mol. The van der Waals surface area contributed by atoms with Crippen LogP contribution in [0.5, 0.6) is 0 Å². The van der Waals surface area contributed by atoms with E-state index in [-0.39, 0.29) is 5.41 Å². The van der Waals surface area contributed by atoms with Crippen molar-refractivity contribution in [1.29, 1.82) is 0 Å². The van der Waals surface area contributed by atoms with Crippen molar-refractivity contribution in [2.24, 2.45) is 11.3 Å². The van der Waals surface area contributed by atoms with Crippen molar-refractivity contribution in [3.8, 4) is 12.3 Å². The second kappa shape index (κ2) is 3.79. The smallest absolute Gasteiger partial charge is 0.0936 e. The standard InChI is InChI=1S/C13H20O/c1-5-8-13(14)9-6-11(7-10-13)12(2,3)4/h1,6,9,11,14H,7-8,10H2,2-4H3. The van der Waals surface area contributed by atoms with Gasteiger partial charge in [0, 0.05) is 6.42 Å². The Morgan fingerprint density at radius 1 is 1.57 bits per heavy atom. The molecule has 0 aromatic carbocycles. The van der Waals surface area contributed by atoms with E-state index < -0.39 is 5.60 Å². The molecule has 0 saturated carbocycles. The fourth-order valence-electron chi connectivity index (χ4n) is 1.93. The number of rotatable bonds is 1. The van der Waals surface area contributed by atoms with E-state index in [1.165, 1.54) is 0 Å². The molecule has 1 nitrogen and oxygen atoms in total. The van der Waals surface area contributed by atoms with Gasteiger partial charge < -0.3 is 5.11 Å². The van der Waals surface area contributed by atoms with Crippen LogP contribution in [0.4, 0.5) is 0 Å². The van der Waals surface area contributed by atoms with Crippen LogP contribution in [-0.4, -0.2) is 10.7 Å². The largest absolute Gasteiger partial charge is 0.385 e. The van der Waals surface area contributed by atoms with Gasteiger partial charge in [-0.15, -0.1) is 12.3 Å². The van der Waals surface area contributed by atoms with Crippen molar-refractivity contribution >= 4 is 0 Å². The van der Waals surface area contributed by atoms with Crippen LogP contribution in [0.3, 0.4) is 0 Å². The highest BCUT2D eigenvalue weighted by Crippen LogP contribution is 2.37. The quantitative estimate of drug-likeness (QED) is 0.500. The lowest BCUT2D eigenvalue weighted by Crippen LogP contribution is -2.32. The third-order valence-electron chi connectivity index (χ3n) is 3.05. The van der Waals surface area contributed by atoms with Crippen molar-refractivity contribution in [3.05, 3.63) is 12.2 Å². The molecule has 2 unspecified atom stereocenters. The molecule has 0 spiro atoms. The highest BCUT2D eigenvalue weighted by atomic mass is 16.3. The first-order chi connectivity index (χ1) is 6.37. The Bertz CT molecular complexity index is 264. The van der Waals surface area contributed by atoms with Gasteiger partial charge in [0.05, 0.1) is 5.60 Å². The summed E-state index contributed by atoms with van der Waals surface area (Å²) >= 11 is 0. The molecule has 1 aliphatic rings. The van der Waals surface area contributed by atoms with Gasteiger partial charge in [-0.05, 0) is 24.2 Å². The second-order valence-corrected chi connectivity index (χ2v) is 5.35. The van der Waals surface area contributed by atoms with Gasteiger partial charge in [-0.1, -0.05) is 32.9 Å². The summed E-state index contributed by atoms with van der Waals surface area (Å²) in [5.41, 5.74) is -0.454. The first-order valence-electron chi connectivity index (χ1n) is 5.23. The maximum absolute atomic E-state index is 10.0. The van der Waals surface area contributed by atoms with Gasteiger partial charge in [0.1, 0.15) is 0 Å². The number of allylic oxidation sites excluding steroid dienone is 1. The van der Waals surface area contributed by atoms with E-state index >= 15 is 0 Å². The lowest BCUT2D eigenvalue weighted by Gasteiger charge is -2.35. The van der Waals surface area contributed by atoms with Crippen molar-refractivity contribution in [2.75, 3.05) is 0 Å². The SMILES string of the molecule is C#CCC1(O)C=CC(C(C)(C)C)CC1. The third kappa shape index (κ3) is 2.62. The first kappa shape index (κ1) is 11.3. The van der Waals surface area contributed by atoms with Crippen molar-refractivity contribution in [2.45, 2.75) is 45.6 Å². The molecule has 0 amide bonds. The molecule has 0 aliphatic heterocycles. The maximum atomic E-state index is 10.0. The van der Waals surface area contributed by atoms with Gasteiger partial charge in [-0.25, -0.2) is 0 Å². The van der Waals surface area contributed by atoms with Gasteiger partial charge in [-0.3, -0.25) is 0 Å². The molecule has 0 aromatic heterocycles. The van der Waals surface area contributed by atoms with E-state index in [1.54, 1.807) is 0 Å². The molecule has 2 atom stereocenters. The highest BCUT2D eigenvalue weighted by molar-refractivity contribution is 5.13. The minimum atomic E-state index is -0.740. The van der Waals surface area contributed by atoms with Crippen LogP contribution in [0, 0.1) is 23.7 Å². The molecule has 0 heterocycles. The van der Waals surface area contributed by atoms with Crippen LogP contribution >= 0.6 is 0 Å². The predicted octanol–water partition coefficient (Wildman–Crippen LogP) is 2.75. The molecule has 1 rings (SSSR count). The summed E-state index contributed by atoms with van der Waals surface area (Å²) in [5, 5.41) is 10.0. The van der Waals surface area contributed by atoms with Crippen LogP contribution in [-0.2, 0) is 0 Å². The lowest BCUT2D eigenvalue weighted by atomic mass is 9.72. The topological polar surface area (TPSA) is 20.2 Å². The zero-order chi connectivity index (χ0) is 10.8. The van der Waals surface area contributed by atoms with Gasteiger partial charge in [0.15, 0.2) is 0 Å². The molecule has 0 saturated heterocycles. The average molecular weight is 192 g/mol. The van der Waals surface area contributed by atoms with Gasteiger partial charge >= 0.3 is 0 Å². The summed E-state index contributed by atoms with van der Waals surface area (Å²) < 4.78 is 0. The molecule has 0 aromatic rings. The summed E-state index contributed by atoms with van der Waals surface area (Å²) in [7, 11) is 0. The minimum absolute atomic E-state index is 0.286. The Labute approximate surface area is 87.2 Å². The molecule has 1 aliphatic carbocycles. The summed E-state index contributed by atoms with van der Waals surface area (Å²) in [4.78, 5) is 0. The highest BCUT2D eigenvalue weighted by Gasteiger charge is 2.32. The van der Waals surface area contributed by atoms with Crippen LogP contribution in [0.2, 0.25) is 0 Å². The zero-order valence-corrected chi connectivity index (χ0v) is 9.38. The van der Waals surface area contributed by atoms with E-state index in [1.807, 2.05) is 6.08 Å². The average Bonchev–Trinajstić information content (AvgIpc) is 2.03. The van der Waals surface area contributed by atoms with E-state index in [2.05, 4.69) is 32.8 Å². The Hall–Kier alpha value is -0.740. The summed E-state index contributed by atoms with van der Waals surface area (Å²) in [6.45, 7) is 6.69. The Morgan fingerprint density at radius 3 is 2.57 bits per heavy atom. The number of hydrogen-bond acceptors (Lipinski definition) is 1. The summed E-state index contributed by atoms with van der Waals surface area (Å²) in [6, 6.07) is 0. The van der Waals surface area contributed by atoms with E-state index in [0.717, 1.165) is 12.8 Å². The molecule has 1 N–H and O–H groups in total. The number of hydrogen-bond donors (Lipinski definition) is 1. The third-order valence-corrected chi connectivity index (χ3v) is 3.05. The monoisotopic (exact) mass is 192 g/mol.